The topological polar surface area (TPSA) is 73.0 Å². The minimum Gasteiger partial charge on any atom is -0.399 e. The van der Waals surface area contributed by atoms with Gasteiger partial charge in [0, 0.05) is 5.69 Å². The summed E-state index contributed by atoms with van der Waals surface area (Å²) in [5.41, 5.74) is 6.90. The molecule has 80 valence electrons. The fraction of sp³-hybridized carbons (Fsp3) is 0.222. The predicted molar refractivity (Wildman–Crippen MR) is 61.8 cm³/mol. The zero-order chi connectivity index (χ0) is 11.1. The molecule has 0 fully saturated rings. The Labute approximate surface area is 91.7 Å². The highest BCUT2D eigenvalue weighted by Crippen LogP contribution is 2.27. The number of sulfone groups is 1. The van der Waals surface area contributed by atoms with Gasteiger partial charge in [-0.2, -0.15) is 0 Å². The fourth-order valence-electron chi connectivity index (χ4n) is 1.18. The Kier molecular flexibility index (Phi) is 2.40. The number of aromatic nitrogens is 1. The largest absolute Gasteiger partial charge is 0.399 e. The molecule has 1 aromatic heterocycles. The van der Waals surface area contributed by atoms with Crippen LogP contribution in [0.2, 0.25) is 0 Å². The smallest absolute Gasteiger partial charge is 0.210 e. The lowest BCUT2D eigenvalue weighted by atomic mass is 10.3. The van der Waals surface area contributed by atoms with Gasteiger partial charge in [-0.05, 0) is 18.2 Å². The van der Waals surface area contributed by atoms with E-state index in [2.05, 4.69) is 4.98 Å². The fourth-order valence-corrected chi connectivity index (χ4v) is 3.54. The molecule has 0 saturated carbocycles. The number of nitrogens with two attached hydrogens (primary N) is 1. The van der Waals surface area contributed by atoms with Crippen LogP contribution < -0.4 is 5.73 Å². The molecule has 2 aromatic rings. The molecule has 0 aliphatic rings. The van der Waals surface area contributed by atoms with Gasteiger partial charge >= 0.3 is 0 Å². The van der Waals surface area contributed by atoms with Crippen LogP contribution in [0, 0.1) is 0 Å². The van der Waals surface area contributed by atoms with Crippen molar-refractivity contribution >= 4 is 37.1 Å². The number of hydrogen-bond donors (Lipinski definition) is 1. The predicted octanol–water partition coefficient (Wildman–Crippen LogP) is 1.67. The number of rotatable bonds is 2. The van der Waals surface area contributed by atoms with Crippen LogP contribution in [-0.4, -0.2) is 19.2 Å². The van der Waals surface area contributed by atoms with Crippen LogP contribution in [0.4, 0.5) is 5.69 Å². The number of nitrogens with zero attached hydrogens (tertiary/aromatic N) is 1. The highest BCUT2D eigenvalue weighted by atomic mass is 32.2. The van der Waals surface area contributed by atoms with Gasteiger partial charge in [0.05, 0.1) is 16.0 Å². The van der Waals surface area contributed by atoms with E-state index < -0.39 is 9.84 Å². The molecule has 0 bridgehead atoms. The summed E-state index contributed by atoms with van der Waals surface area (Å²) in [4.78, 5) is 4.07. The molecule has 0 aliphatic heterocycles. The van der Waals surface area contributed by atoms with Crippen molar-refractivity contribution in [3.05, 3.63) is 18.2 Å². The molecule has 0 saturated heterocycles. The Morgan fingerprint density at radius 1 is 1.47 bits per heavy atom. The van der Waals surface area contributed by atoms with E-state index in [4.69, 9.17) is 5.73 Å². The zero-order valence-corrected chi connectivity index (χ0v) is 9.73. The molecular formula is C9H10N2O2S2. The molecule has 0 unspecified atom stereocenters. The first-order chi connectivity index (χ1) is 7.03. The summed E-state index contributed by atoms with van der Waals surface area (Å²) in [6, 6.07) is 5.18. The van der Waals surface area contributed by atoms with Gasteiger partial charge < -0.3 is 5.73 Å². The van der Waals surface area contributed by atoms with Gasteiger partial charge in [0.1, 0.15) is 0 Å². The second kappa shape index (κ2) is 3.46. The van der Waals surface area contributed by atoms with Gasteiger partial charge in [-0.25, -0.2) is 13.4 Å². The maximum atomic E-state index is 11.6. The van der Waals surface area contributed by atoms with E-state index >= 15 is 0 Å². The van der Waals surface area contributed by atoms with Crippen LogP contribution in [0.25, 0.3) is 10.2 Å². The second-order valence-electron chi connectivity index (χ2n) is 3.11. The summed E-state index contributed by atoms with van der Waals surface area (Å²) in [5.74, 6) is 0.0717. The van der Waals surface area contributed by atoms with Crippen LogP contribution in [0.3, 0.4) is 0 Å². The molecule has 0 aliphatic carbocycles. The molecule has 0 amide bonds. The molecule has 1 aromatic carbocycles. The van der Waals surface area contributed by atoms with Crippen molar-refractivity contribution in [2.75, 3.05) is 11.5 Å². The van der Waals surface area contributed by atoms with E-state index in [0.29, 0.717) is 11.2 Å². The minimum absolute atomic E-state index is 0.0717. The van der Waals surface area contributed by atoms with Gasteiger partial charge in [0.2, 0.25) is 14.2 Å². The van der Waals surface area contributed by atoms with E-state index in [-0.39, 0.29) is 10.1 Å². The van der Waals surface area contributed by atoms with Crippen molar-refractivity contribution in [3.8, 4) is 0 Å². The molecule has 15 heavy (non-hydrogen) atoms. The van der Waals surface area contributed by atoms with E-state index in [1.807, 2.05) is 0 Å². The molecule has 0 radical (unpaired) electrons. The number of thiazole rings is 1. The van der Waals surface area contributed by atoms with Gasteiger partial charge in [0.25, 0.3) is 0 Å². The van der Waals surface area contributed by atoms with Gasteiger partial charge in [-0.1, -0.05) is 6.92 Å². The maximum Gasteiger partial charge on any atom is 0.210 e. The second-order valence-corrected chi connectivity index (χ2v) is 6.59. The third kappa shape index (κ3) is 1.82. The SMILES string of the molecule is CCS(=O)(=O)c1nc2ccc(N)cc2s1. The van der Waals surface area contributed by atoms with Crippen LogP contribution in [-0.2, 0) is 9.84 Å². The quantitative estimate of drug-likeness (QED) is 0.813. The number of anilines is 1. The molecule has 1 heterocycles. The third-order valence-electron chi connectivity index (χ3n) is 2.04. The Morgan fingerprint density at radius 2 is 2.20 bits per heavy atom. The highest BCUT2D eigenvalue weighted by Gasteiger charge is 2.16. The van der Waals surface area contributed by atoms with Crippen LogP contribution >= 0.6 is 11.3 Å². The number of fused-ring (bicyclic) bond motifs is 1. The molecule has 0 atom stereocenters. The van der Waals surface area contributed by atoms with Crippen molar-refractivity contribution in [3.63, 3.8) is 0 Å². The highest BCUT2D eigenvalue weighted by molar-refractivity contribution is 7.93. The number of benzene rings is 1. The van der Waals surface area contributed by atoms with Crippen molar-refractivity contribution in [1.82, 2.24) is 4.98 Å². The van der Waals surface area contributed by atoms with E-state index in [0.717, 1.165) is 16.0 Å². The number of nitrogen functional groups attached to an aromatic ring is 1. The van der Waals surface area contributed by atoms with Crippen molar-refractivity contribution in [2.45, 2.75) is 11.3 Å². The Balaban J connectivity index is 2.67. The first-order valence-electron chi connectivity index (χ1n) is 4.42. The first-order valence-corrected chi connectivity index (χ1v) is 6.88. The zero-order valence-electron chi connectivity index (χ0n) is 8.10. The molecule has 2 N–H and O–H groups in total. The summed E-state index contributed by atoms with van der Waals surface area (Å²) in [6.45, 7) is 1.61. The molecule has 6 heteroatoms. The van der Waals surface area contributed by atoms with E-state index in [1.54, 1.807) is 25.1 Å². The summed E-state index contributed by atoms with van der Waals surface area (Å²) < 4.78 is 24.1. The Hall–Kier alpha value is -1.14. The summed E-state index contributed by atoms with van der Waals surface area (Å²) in [5, 5.41) is 0. The molecule has 0 spiro atoms. The lowest BCUT2D eigenvalue weighted by Crippen LogP contribution is -2.02. The van der Waals surface area contributed by atoms with Crippen LogP contribution in [0.15, 0.2) is 22.5 Å². The average Bonchev–Trinajstić information content (AvgIpc) is 2.61. The lowest BCUT2D eigenvalue weighted by molar-refractivity contribution is 0.596. The summed E-state index contributed by atoms with van der Waals surface area (Å²) in [6.07, 6.45) is 0. The van der Waals surface area contributed by atoms with Crippen molar-refractivity contribution in [1.29, 1.82) is 0 Å². The standard InChI is InChI=1S/C9H10N2O2S2/c1-2-15(12,13)9-11-7-4-3-6(10)5-8(7)14-9/h3-5H,2,10H2,1H3. The van der Waals surface area contributed by atoms with Gasteiger partial charge in [-0.3, -0.25) is 0 Å². The maximum absolute atomic E-state index is 11.6. The Bertz CT molecular complexity index is 602. The van der Waals surface area contributed by atoms with Crippen LogP contribution in [0.5, 0.6) is 0 Å². The Morgan fingerprint density at radius 3 is 2.87 bits per heavy atom. The average molecular weight is 242 g/mol. The monoisotopic (exact) mass is 242 g/mol. The first kappa shape index (κ1) is 10.4. The molecule has 4 nitrogen and oxygen atoms in total. The van der Waals surface area contributed by atoms with Crippen molar-refractivity contribution < 1.29 is 8.42 Å². The molecular weight excluding hydrogens is 232 g/mol. The lowest BCUT2D eigenvalue weighted by Gasteiger charge is -1.91. The summed E-state index contributed by atoms with van der Waals surface area (Å²) >= 11 is 1.16. The van der Waals surface area contributed by atoms with Crippen LogP contribution in [0.1, 0.15) is 6.92 Å². The van der Waals surface area contributed by atoms with E-state index in [9.17, 15) is 8.42 Å². The molecule has 2 rings (SSSR count). The number of hydrogen-bond acceptors (Lipinski definition) is 5. The van der Waals surface area contributed by atoms with Gasteiger partial charge in [-0.15, -0.1) is 11.3 Å². The minimum atomic E-state index is -3.21. The normalized spacial score (nSPS) is 12.1. The van der Waals surface area contributed by atoms with Gasteiger partial charge in [0.15, 0.2) is 0 Å². The van der Waals surface area contributed by atoms with E-state index in [1.165, 1.54) is 0 Å². The summed E-state index contributed by atoms with van der Waals surface area (Å²) in [7, 11) is -3.21. The third-order valence-corrected chi connectivity index (χ3v) is 5.25. The van der Waals surface area contributed by atoms with Crippen molar-refractivity contribution in [2.24, 2.45) is 0 Å².